The lowest BCUT2D eigenvalue weighted by molar-refractivity contribution is -0.207. The second kappa shape index (κ2) is 9.94. The monoisotopic (exact) mass is 484 g/mol. The van der Waals surface area contributed by atoms with Crippen LogP contribution in [-0.2, 0) is 28.5 Å². The molecule has 2 aliphatic rings. The van der Waals surface area contributed by atoms with Crippen LogP contribution in [-0.4, -0.2) is 47.3 Å². The van der Waals surface area contributed by atoms with Crippen LogP contribution in [0.2, 0.25) is 0 Å². The molecule has 0 aromatic heterocycles. The second-order valence-corrected chi connectivity index (χ2v) is 12.7. The Balaban J connectivity index is 2.32. The highest BCUT2D eigenvalue weighted by atomic mass is 16.7. The van der Waals surface area contributed by atoms with E-state index in [1.807, 2.05) is 20.8 Å². The molecule has 8 nitrogen and oxygen atoms in total. The van der Waals surface area contributed by atoms with Gasteiger partial charge in [-0.2, -0.15) is 0 Å². The number of fused-ring (bicyclic) bond motifs is 2. The molecule has 2 rings (SSSR count). The largest absolute Gasteiger partial charge is 0.509 e. The van der Waals surface area contributed by atoms with Crippen LogP contribution in [0, 0.1) is 11.3 Å². The van der Waals surface area contributed by atoms with E-state index in [0.29, 0.717) is 25.7 Å². The van der Waals surface area contributed by atoms with Crippen molar-refractivity contribution in [2.24, 2.45) is 11.3 Å². The maximum absolute atomic E-state index is 13.2. The Hall–Kier alpha value is -1.99. The summed E-state index contributed by atoms with van der Waals surface area (Å²) in [4.78, 5) is 38.1. The van der Waals surface area contributed by atoms with Gasteiger partial charge in [-0.1, -0.05) is 13.3 Å². The van der Waals surface area contributed by atoms with Crippen molar-refractivity contribution in [1.82, 2.24) is 0 Å². The van der Waals surface area contributed by atoms with E-state index in [2.05, 4.69) is 0 Å². The third-order valence-corrected chi connectivity index (χ3v) is 6.49. The lowest BCUT2D eigenvalue weighted by atomic mass is 9.63. The molecule has 0 aliphatic heterocycles. The first kappa shape index (κ1) is 28.2. The van der Waals surface area contributed by atoms with Crippen molar-refractivity contribution >= 4 is 18.3 Å². The summed E-state index contributed by atoms with van der Waals surface area (Å²) in [6, 6.07) is 0. The lowest BCUT2D eigenvalue weighted by Crippen LogP contribution is -2.58. The molecule has 2 aliphatic carbocycles. The fourth-order valence-corrected chi connectivity index (χ4v) is 4.71. The smallest absolute Gasteiger partial charge is 0.455 e. The van der Waals surface area contributed by atoms with E-state index >= 15 is 0 Å². The number of ether oxygens (including phenoxy) is 5. The minimum Gasteiger partial charge on any atom is -0.455 e. The summed E-state index contributed by atoms with van der Waals surface area (Å²) < 4.78 is 28.3. The predicted octanol–water partition coefficient (Wildman–Crippen LogP) is 6.33. The third kappa shape index (κ3) is 8.05. The molecule has 0 aromatic carbocycles. The summed E-state index contributed by atoms with van der Waals surface area (Å²) >= 11 is 0. The van der Waals surface area contributed by atoms with Crippen molar-refractivity contribution in [3.8, 4) is 0 Å². The molecule has 0 saturated heterocycles. The van der Waals surface area contributed by atoms with E-state index in [0.717, 1.165) is 12.8 Å². The first-order chi connectivity index (χ1) is 15.4. The Morgan fingerprint density at radius 2 is 1.44 bits per heavy atom. The van der Waals surface area contributed by atoms with Gasteiger partial charge in [0.1, 0.15) is 23.4 Å². The summed E-state index contributed by atoms with van der Waals surface area (Å²) in [6.45, 7) is 16.0. The number of esters is 1. The summed E-state index contributed by atoms with van der Waals surface area (Å²) in [5, 5.41) is 0. The van der Waals surface area contributed by atoms with Crippen LogP contribution in [0.5, 0.6) is 0 Å². The zero-order chi connectivity index (χ0) is 26.0. The van der Waals surface area contributed by atoms with Crippen LogP contribution in [0.25, 0.3) is 0 Å². The van der Waals surface area contributed by atoms with Gasteiger partial charge in [-0.3, -0.25) is 4.79 Å². The molecule has 3 unspecified atom stereocenters. The van der Waals surface area contributed by atoms with Crippen molar-refractivity contribution in [2.45, 2.75) is 130 Å². The number of rotatable bonds is 6. The van der Waals surface area contributed by atoms with Gasteiger partial charge in [0.2, 0.25) is 0 Å². The van der Waals surface area contributed by atoms with Gasteiger partial charge in [-0.05, 0) is 93.4 Å². The zero-order valence-electron chi connectivity index (χ0n) is 22.5. The van der Waals surface area contributed by atoms with Crippen LogP contribution < -0.4 is 0 Å². The van der Waals surface area contributed by atoms with Gasteiger partial charge >= 0.3 is 18.3 Å². The van der Waals surface area contributed by atoms with Crippen LogP contribution >= 0.6 is 0 Å². The van der Waals surface area contributed by atoms with E-state index in [-0.39, 0.29) is 24.9 Å². The minimum absolute atomic E-state index is 0.157. The van der Waals surface area contributed by atoms with Gasteiger partial charge in [0.25, 0.3) is 0 Å². The average molecular weight is 485 g/mol. The summed E-state index contributed by atoms with van der Waals surface area (Å²) in [6.07, 6.45) is 2.91. The highest BCUT2D eigenvalue weighted by molar-refractivity contribution is 5.76. The maximum atomic E-state index is 13.2. The first-order valence-corrected chi connectivity index (χ1v) is 12.4. The maximum Gasteiger partial charge on any atom is 0.509 e. The molecule has 0 spiro atoms. The quantitative estimate of drug-likeness (QED) is 0.319. The number of hydrogen-bond acceptors (Lipinski definition) is 8. The normalized spacial score (nSPS) is 27.4. The topological polar surface area (TPSA) is 97.4 Å². The number of carbonyl (C=O) groups is 3. The van der Waals surface area contributed by atoms with Gasteiger partial charge in [0.05, 0.1) is 5.41 Å². The molecule has 8 heteroatoms. The second-order valence-electron chi connectivity index (χ2n) is 12.7. The molecule has 0 N–H and O–H groups in total. The van der Waals surface area contributed by atoms with Crippen LogP contribution in [0.3, 0.4) is 0 Å². The van der Waals surface area contributed by atoms with Gasteiger partial charge < -0.3 is 23.7 Å². The minimum atomic E-state index is -1.12. The van der Waals surface area contributed by atoms with Gasteiger partial charge in [-0.25, -0.2) is 9.59 Å². The van der Waals surface area contributed by atoms with Crippen molar-refractivity contribution in [3.63, 3.8) is 0 Å². The van der Waals surface area contributed by atoms with Gasteiger partial charge in [-0.15, -0.1) is 0 Å². The van der Waals surface area contributed by atoms with Gasteiger partial charge in [0, 0.05) is 6.42 Å². The Bertz CT molecular complexity index is 760. The summed E-state index contributed by atoms with van der Waals surface area (Å²) in [5.74, 6) is -0.208. The Kier molecular flexibility index (Phi) is 8.26. The van der Waals surface area contributed by atoms with Crippen molar-refractivity contribution in [2.75, 3.05) is 6.61 Å². The van der Waals surface area contributed by atoms with Crippen molar-refractivity contribution in [1.29, 1.82) is 0 Å². The zero-order valence-corrected chi connectivity index (χ0v) is 22.5. The molecule has 3 atom stereocenters. The number of hydrogen-bond donors (Lipinski definition) is 0. The molecule has 2 saturated carbocycles. The lowest BCUT2D eigenvalue weighted by Gasteiger charge is -2.52. The van der Waals surface area contributed by atoms with Gasteiger partial charge in [0.15, 0.2) is 5.60 Å². The van der Waals surface area contributed by atoms with E-state index in [1.165, 1.54) is 0 Å². The van der Waals surface area contributed by atoms with E-state index in [1.54, 1.807) is 41.5 Å². The standard InChI is InChI=1S/C26H44O8/c1-10-24(8,9)19(27)31-26(17-30-20(28)32-22(2,3)4)15-18-12-11-13-25(14-18,16-26)34-21(29)33-23(5,6)7/h18H,10-17H2,1-9H3. The molecule has 0 heterocycles. The summed E-state index contributed by atoms with van der Waals surface area (Å²) in [7, 11) is 0. The Morgan fingerprint density at radius 3 is 2.00 bits per heavy atom. The van der Waals surface area contributed by atoms with Crippen LogP contribution in [0.1, 0.15) is 107 Å². The molecule has 0 aromatic rings. The molecule has 34 heavy (non-hydrogen) atoms. The predicted molar refractivity (Wildman–Crippen MR) is 126 cm³/mol. The summed E-state index contributed by atoms with van der Waals surface area (Å²) in [5.41, 5.74) is -4.08. The van der Waals surface area contributed by atoms with Crippen LogP contribution in [0.15, 0.2) is 0 Å². The Labute approximate surface area is 204 Å². The fourth-order valence-electron chi connectivity index (χ4n) is 4.71. The molecule has 2 fully saturated rings. The Morgan fingerprint density at radius 1 is 0.853 bits per heavy atom. The van der Waals surface area contributed by atoms with E-state index in [4.69, 9.17) is 23.7 Å². The average Bonchev–Trinajstić information content (AvgIpc) is 2.62. The molecule has 2 bridgehead atoms. The molecule has 0 radical (unpaired) electrons. The van der Waals surface area contributed by atoms with E-state index < -0.39 is 40.1 Å². The molecular formula is C26H44O8. The SMILES string of the molecule is CCC(C)(C)C(=O)OC1(COC(=O)OC(C)(C)C)CC2CCCC(OC(=O)OC(C)(C)C)(C2)C1. The third-order valence-electron chi connectivity index (χ3n) is 6.49. The van der Waals surface area contributed by atoms with Crippen LogP contribution in [0.4, 0.5) is 9.59 Å². The van der Waals surface area contributed by atoms with Crippen molar-refractivity contribution < 1.29 is 38.1 Å². The highest BCUT2D eigenvalue weighted by Gasteiger charge is 2.56. The fraction of sp³-hybridized carbons (Fsp3) is 0.885. The molecular weight excluding hydrogens is 440 g/mol. The highest BCUT2D eigenvalue weighted by Crippen LogP contribution is 2.51. The van der Waals surface area contributed by atoms with E-state index in [9.17, 15) is 14.4 Å². The molecule has 196 valence electrons. The first-order valence-electron chi connectivity index (χ1n) is 12.4. The molecule has 0 amide bonds. The number of carbonyl (C=O) groups excluding carboxylic acids is 3. The van der Waals surface area contributed by atoms with Crippen molar-refractivity contribution in [3.05, 3.63) is 0 Å².